The Morgan fingerprint density at radius 1 is 0.735 bits per heavy atom. The molecule has 34 heavy (non-hydrogen) atoms. The molecular weight excluding hydrogens is 422 g/mol. The fraction of sp³-hybridized carbons (Fsp3) is 0.138. The minimum atomic E-state index is -0.769. The van der Waals surface area contributed by atoms with E-state index in [1.54, 1.807) is 17.3 Å². The number of amides is 2. The summed E-state index contributed by atoms with van der Waals surface area (Å²) in [6, 6.07) is 31.8. The summed E-state index contributed by atoms with van der Waals surface area (Å²) in [6.07, 6.45) is 3.63. The van der Waals surface area contributed by atoms with Crippen LogP contribution in [-0.2, 0) is 29.1 Å². The van der Waals surface area contributed by atoms with E-state index in [9.17, 15) is 9.59 Å². The Labute approximate surface area is 200 Å². The van der Waals surface area contributed by atoms with Crippen molar-refractivity contribution in [3.05, 3.63) is 138 Å². The van der Waals surface area contributed by atoms with Crippen LogP contribution in [0.15, 0.2) is 116 Å². The lowest BCUT2D eigenvalue weighted by molar-refractivity contribution is -0.141. The number of nitrogens with zero attached hydrogens (tertiary/aromatic N) is 2. The first-order valence-electron chi connectivity index (χ1n) is 11.3. The fourth-order valence-electron chi connectivity index (χ4n) is 3.87. The number of carbonyl (C=O) groups excluding carboxylic acids is 2. The molecule has 0 fully saturated rings. The van der Waals surface area contributed by atoms with Crippen molar-refractivity contribution < 1.29 is 9.59 Å². The van der Waals surface area contributed by atoms with Gasteiger partial charge in [-0.3, -0.25) is 14.6 Å². The van der Waals surface area contributed by atoms with Gasteiger partial charge in [0.15, 0.2) is 0 Å². The van der Waals surface area contributed by atoms with Gasteiger partial charge in [0, 0.05) is 25.5 Å². The van der Waals surface area contributed by atoms with Gasteiger partial charge in [0.1, 0.15) is 6.04 Å². The third kappa shape index (κ3) is 6.17. The first-order valence-corrected chi connectivity index (χ1v) is 11.3. The lowest BCUT2D eigenvalue weighted by Gasteiger charge is -2.32. The van der Waals surface area contributed by atoms with Crippen molar-refractivity contribution in [3.63, 3.8) is 0 Å². The van der Waals surface area contributed by atoms with Gasteiger partial charge in [-0.15, -0.1) is 0 Å². The molecule has 5 nitrogen and oxygen atoms in total. The molecule has 4 aromatic rings. The standard InChI is InChI=1S/C29H27N3O2/c33-27(19-23-11-4-1-5-12-23)32(22-24-13-6-2-7-14-24)28(26-16-8-3-9-17-26)29(34)31-21-25-15-10-18-30-20-25/h1-18,20,28H,19,21-22H2,(H,31,34)/t28-/m0/s1. The van der Waals surface area contributed by atoms with E-state index in [1.807, 2.05) is 103 Å². The Balaban J connectivity index is 1.66. The zero-order valence-electron chi connectivity index (χ0n) is 18.9. The van der Waals surface area contributed by atoms with Gasteiger partial charge in [-0.05, 0) is 28.3 Å². The largest absolute Gasteiger partial charge is 0.350 e. The number of pyridine rings is 1. The molecule has 1 atom stereocenters. The van der Waals surface area contributed by atoms with E-state index in [4.69, 9.17) is 0 Å². The van der Waals surface area contributed by atoms with Crippen LogP contribution in [0.3, 0.4) is 0 Å². The van der Waals surface area contributed by atoms with Crippen LogP contribution in [0.4, 0.5) is 0 Å². The number of carbonyl (C=O) groups is 2. The highest BCUT2D eigenvalue weighted by Gasteiger charge is 2.31. The monoisotopic (exact) mass is 449 g/mol. The van der Waals surface area contributed by atoms with Gasteiger partial charge in [0.05, 0.1) is 6.42 Å². The zero-order valence-corrected chi connectivity index (χ0v) is 18.9. The van der Waals surface area contributed by atoms with Gasteiger partial charge in [0.2, 0.25) is 11.8 Å². The van der Waals surface area contributed by atoms with Gasteiger partial charge in [-0.1, -0.05) is 97.1 Å². The molecule has 2 amide bonds. The van der Waals surface area contributed by atoms with E-state index in [1.165, 1.54) is 0 Å². The smallest absolute Gasteiger partial charge is 0.247 e. The second-order valence-electron chi connectivity index (χ2n) is 8.06. The average molecular weight is 450 g/mol. The van der Waals surface area contributed by atoms with Crippen LogP contribution in [-0.4, -0.2) is 21.7 Å². The molecule has 170 valence electrons. The molecule has 1 heterocycles. The summed E-state index contributed by atoms with van der Waals surface area (Å²) in [5, 5.41) is 3.01. The first-order chi connectivity index (χ1) is 16.7. The van der Waals surface area contributed by atoms with E-state index in [0.29, 0.717) is 13.1 Å². The summed E-state index contributed by atoms with van der Waals surface area (Å²) in [6.45, 7) is 0.661. The Kier molecular flexibility index (Phi) is 7.80. The second-order valence-corrected chi connectivity index (χ2v) is 8.06. The van der Waals surface area contributed by atoms with E-state index in [-0.39, 0.29) is 18.2 Å². The van der Waals surface area contributed by atoms with E-state index < -0.39 is 6.04 Å². The van der Waals surface area contributed by atoms with Crippen LogP contribution in [0.1, 0.15) is 28.3 Å². The van der Waals surface area contributed by atoms with Crippen molar-refractivity contribution in [1.29, 1.82) is 0 Å². The molecule has 0 saturated heterocycles. The van der Waals surface area contributed by atoms with E-state index in [0.717, 1.165) is 22.3 Å². The van der Waals surface area contributed by atoms with Crippen molar-refractivity contribution in [2.24, 2.45) is 0 Å². The maximum absolute atomic E-state index is 13.6. The van der Waals surface area contributed by atoms with Crippen LogP contribution in [0, 0.1) is 0 Å². The van der Waals surface area contributed by atoms with Crippen molar-refractivity contribution in [2.45, 2.75) is 25.6 Å². The Hall–Kier alpha value is -4.25. The summed E-state index contributed by atoms with van der Waals surface area (Å²) >= 11 is 0. The van der Waals surface area contributed by atoms with Crippen LogP contribution in [0.25, 0.3) is 0 Å². The second kappa shape index (κ2) is 11.6. The SMILES string of the molecule is O=C(NCc1cccnc1)[C@H](c1ccccc1)N(Cc1ccccc1)C(=O)Cc1ccccc1. The molecule has 4 rings (SSSR count). The van der Waals surface area contributed by atoms with E-state index in [2.05, 4.69) is 10.3 Å². The van der Waals surface area contributed by atoms with Crippen LogP contribution >= 0.6 is 0 Å². The number of hydrogen-bond donors (Lipinski definition) is 1. The molecule has 0 bridgehead atoms. The predicted octanol–water partition coefficient (Wildman–Crippen LogP) is 4.71. The molecule has 0 unspecified atom stereocenters. The zero-order chi connectivity index (χ0) is 23.6. The number of rotatable bonds is 9. The van der Waals surface area contributed by atoms with Gasteiger partial charge < -0.3 is 10.2 Å². The summed E-state index contributed by atoms with van der Waals surface area (Å²) in [7, 11) is 0. The molecule has 1 aromatic heterocycles. The van der Waals surface area contributed by atoms with Gasteiger partial charge >= 0.3 is 0 Å². The minimum absolute atomic E-state index is 0.111. The maximum atomic E-state index is 13.6. The summed E-state index contributed by atoms with van der Waals surface area (Å²) < 4.78 is 0. The molecular formula is C29H27N3O2. The summed E-state index contributed by atoms with van der Waals surface area (Å²) in [5.74, 6) is -0.340. The molecule has 0 aliphatic rings. The Morgan fingerprint density at radius 2 is 1.32 bits per heavy atom. The topological polar surface area (TPSA) is 62.3 Å². The maximum Gasteiger partial charge on any atom is 0.247 e. The third-order valence-corrected chi connectivity index (χ3v) is 5.58. The van der Waals surface area contributed by atoms with Gasteiger partial charge in [0.25, 0.3) is 0 Å². The highest BCUT2D eigenvalue weighted by Crippen LogP contribution is 2.25. The van der Waals surface area contributed by atoms with Crippen LogP contribution in [0.2, 0.25) is 0 Å². The fourth-order valence-corrected chi connectivity index (χ4v) is 3.87. The van der Waals surface area contributed by atoms with Crippen molar-refractivity contribution in [1.82, 2.24) is 15.2 Å². The first kappa shape index (κ1) is 22.9. The lowest BCUT2D eigenvalue weighted by atomic mass is 10.0. The molecule has 3 aromatic carbocycles. The molecule has 0 saturated carbocycles. The highest BCUT2D eigenvalue weighted by molar-refractivity contribution is 5.89. The van der Waals surface area contributed by atoms with Crippen molar-refractivity contribution in [3.8, 4) is 0 Å². The number of benzene rings is 3. The molecule has 5 heteroatoms. The molecule has 0 aliphatic heterocycles. The van der Waals surface area contributed by atoms with Crippen molar-refractivity contribution in [2.75, 3.05) is 0 Å². The number of aromatic nitrogens is 1. The van der Waals surface area contributed by atoms with Gasteiger partial charge in [-0.25, -0.2) is 0 Å². The average Bonchev–Trinajstić information content (AvgIpc) is 2.89. The lowest BCUT2D eigenvalue weighted by Crippen LogP contribution is -2.43. The van der Waals surface area contributed by atoms with Crippen LogP contribution < -0.4 is 5.32 Å². The summed E-state index contributed by atoms with van der Waals surface area (Å²) in [4.78, 5) is 33.0. The minimum Gasteiger partial charge on any atom is -0.350 e. The summed E-state index contributed by atoms with van der Waals surface area (Å²) in [5.41, 5.74) is 3.54. The van der Waals surface area contributed by atoms with Crippen LogP contribution in [0.5, 0.6) is 0 Å². The highest BCUT2D eigenvalue weighted by atomic mass is 16.2. The normalized spacial score (nSPS) is 11.4. The molecule has 0 spiro atoms. The van der Waals surface area contributed by atoms with Crippen molar-refractivity contribution >= 4 is 11.8 Å². The Morgan fingerprint density at radius 3 is 1.94 bits per heavy atom. The number of hydrogen-bond acceptors (Lipinski definition) is 3. The van der Waals surface area contributed by atoms with E-state index >= 15 is 0 Å². The quantitative estimate of drug-likeness (QED) is 0.403. The molecule has 0 aliphatic carbocycles. The molecule has 0 radical (unpaired) electrons. The number of nitrogens with one attached hydrogen (secondary N) is 1. The third-order valence-electron chi connectivity index (χ3n) is 5.58. The molecule has 1 N–H and O–H groups in total. The predicted molar refractivity (Wildman–Crippen MR) is 132 cm³/mol. The Bertz CT molecular complexity index is 1180. The van der Waals surface area contributed by atoms with Gasteiger partial charge in [-0.2, -0.15) is 0 Å².